The number of benzene rings is 1. The van der Waals surface area contributed by atoms with E-state index in [0.29, 0.717) is 11.6 Å². The first-order chi connectivity index (χ1) is 15.2. The monoisotopic (exact) mass is 441 g/mol. The Labute approximate surface area is 190 Å². The molecule has 6 nitrogen and oxygen atoms in total. The van der Waals surface area contributed by atoms with Gasteiger partial charge in [0.05, 0.1) is 6.54 Å². The van der Waals surface area contributed by atoms with Crippen LogP contribution in [0.4, 0.5) is 0 Å². The van der Waals surface area contributed by atoms with Crippen LogP contribution in [0.25, 0.3) is 0 Å². The van der Waals surface area contributed by atoms with Gasteiger partial charge < -0.3 is 10.2 Å². The zero-order chi connectivity index (χ0) is 21.5. The first-order valence-corrected chi connectivity index (χ1v) is 12.6. The Balaban J connectivity index is 1.22. The molecule has 2 fully saturated rings. The summed E-state index contributed by atoms with van der Waals surface area (Å²) in [6.45, 7) is 9.14. The zero-order valence-corrected chi connectivity index (χ0v) is 19.5. The molecule has 1 aliphatic heterocycles. The standard InChI is InChI=1S/C24H35N5OS/c1-19-8-10-20(11-9-19)16-25-23(30)24-27-26-22(31-24)18-29-13-5-12-28(14-15-29)17-21-6-3-2-4-7-21/h8-11,21H,2-7,12-18H2,1H3,(H,25,30). The normalized spacial score (nSPS) is 19.3. The molecule has 1 saturated heterocycles. The Kier molecular flexibility index (Phi) is 8.05. The average Bonchev–Trinajstić information content (AvgIpc) is 3.15. The number of carbonyl (C=O) groups excluding carboxylic acids is 1. The fourth-order valence-electron chi connectivity index (χ4n) is 4.66. The summed E-state index contributed by atoms with van der Waals surface area (Å²) in [5.74, 6) is 0.767. The molecule has 1 saturated carbocycles. The second-order valence-corrected chi connectivity index (χ2v) is 10.2. The third-order valence-electron chi connectivity index (χ3n) is 6.52. The number of aryl methyl sites for hydroxylation is 1. The molecule has 1 aromatic heterocycles. The lowest BCUT2D eigenvalue weighted by molar-refractivity contribution is 0.0950. The second kappa shape index (κ2) is 11.2. The van der Waals surface area contributed by atoms with E-state index in [9.17, 15) is 4.79 Å². The van der Waals surface area contributed by atoms with Crippen molar-refractivity contribution >= 4 is 17.2 Å². The Morgan fingerprint density at radius 1 is 1.00 bits per heavy atom. The molecule has 0 bridgehead atoms. The van der Waals surface area contributed by atoms with E-state index in [4.69, 9.17) is 0 Å². The number of nitrogens with zero attached hydrogens (tertiary/aromatic N) is 4. The number of rotatable bonds is 7. The van der Waals surface area contributed by atoms with Gasteiger partial charge in [-0.25, -0.2) is 0 Å². The van der Waals surface area contributed by atoms with Crippen molar-refractivity contribution in [2.75, 3.05) is 32.7 Å². The summed E-state index contributed by atoms with van der Waals surface area (Å²) < 4.78 is 0. The van der Waals surface area contributed by atoms with Gasteiger partial charge in [0, 0.05) is 26.2 Å². The highest BCUT2D eigenvalue weighted by Crippen LogP contribution is 2.25. The van der Waals surface area contributed by atoms with E-state index in [1.807, 2.05) is 12.1 Å². The lowest BCUT2D eigenvalue weighted by atomic mass is 9.89. The molecule has 1 aliphatic carbocycles. The van der Waals surface area contributed by atoms with Crippen molar-refractivity contribution in [2.24, 2.45) is 5.92 Å². The van der Waals surface area contributed by atoms with Crippen LogP contribution in [0.5, 0.6) is 0 Å². The Morgan fingerprint density at radius 2 is 1.74 bits per heavy atom. The summed E-state index contributed by atoms with van der Waals surface area (Å²) in [7, 11) is 0. The largest absolute Gasteiger partial charge is 0.346 e. The predicted molar refractivity (Wildman–Crippen MR) is 125 cm³/mol. The van der Waals surface area contributed by atoms with Crippen molar-refractivity contribution < 1.29 is 4.79 Å². The van der Waals surface area contributed by atoms with Crippen molar-refractivity contribution in [3.63, 3.8) is 0 Å². The van der Waals surface area contributed by atoms with Crippen LogP contribution in [0.15, 0.2) is 24.3 Å². The molecule has 0 radical (unpaired) electrons. The van der Waals surface area contributed by atoms with Gasteiger partial charge in [-0.3, -0.25) is 9.69 Å². The molecule has 168 valence electrons. The molecule has 0 spiro atoms. The minimum absolute atomic E-state index is 0.140. The Morgan fingerprint density at radius 3 is 2.55 bits per heavy atom. The number of carbonyl (C=O) groups is 1. The van der Waals surface area contributed by atoms with E-state index in [2.05, 4.69) is 44.4 Å². The van der Waals surface area contributed by atoms with E-state index >= 15 is 0 Å². The highest BCUT2D eigenvalue weighted by molar-refractivity contribution is 7.13. The van der Waals surface area contributed by atoms with Crippen molar-refractivity contribution in [2.45, 2.75) is 58.5 Å². The van der Waals surface area contributed by atoms with Crippen LogP contribution in [-0.4, -0.2) is 58.6 Å². The zero-order valence-electron chi connectivity index (χ0n) is 18.7. The SMILES string of the molecule is Cc1ccc(CNC(=O)c2nnc(CN3CCCN(CC4CCCCC4)CC3)s2)cc1. The number of aromatic nitrogens is 2. The minimum atomic E-state index is -0.140. The molecular weight excluding hydrogens is 406 g/mol. The highest BCUT2D eigenvalue weighted by atomic mass is 32.1. The molecule has 2 heterocycles. The molecule has 31 heavy (non-hydrogen) atoms. The molecular formula is C24H35N5OS. The van der Waals surface area contributed by atoms with Gasteiger partial charge in [-0.05, 0) is 50.8 Å². The topological polar surface area (TPSA) is 61.4 Å². The van der Waals surface area contributed by atoms with E-state index < -0.39 is 0 Å². The summed E-state index contributed by atoms with van der Waals surface area (Å²) >= 11 is 1.42. The first-order valence-electron chi connectivity index (χ1n) is 11.8. The van der Waals surface area contributed by atoms with Crippen molar-refractivity contribution in [1.29, 1.82) is 0 Å². The Hall–Kier alpha value is -1.83. The van der Waals surface area contributed by atoms with Gasteiger partial charge in [0.25, 0.3) is 5.91 Å². The number of hydrogen-bond donors (Lipinski definition) is 1. The van der Waals surface area contributed by atoms with Gasteiger partial charge in [0.15, 0.2) is 0 Å². The van der Waals surface area contributed by atoms with Gasteiger partial charge in [-0.15, -0.1) is 10.2 Å². The number of hydrogen-bond acceptors (Lipinski definition) is 6. The fraction of sp³-hybridized carbons (Fsp3) is 0.625. The summed E-state index contributed by atoms with van der Waals surface area (Å²) in [4.78, 5) is 17.6. The maximum Gasteiger partial charge on any atom is 0.282 e. The number of nitrogens with one attached hydrogen (secondary N) is 1. The summed E-state index contributed by atoms with van der Waals surface area (Å²) in [6, 6.07) is 8.19. The minimum Gasteiger partial charge on any atom is -0.346 e. The fourth-order valence-corrected chi connectivity index (χ4v) is 5.46. The second-order valence-electron chi connectivity index (χ2n) is 9.10. The van der Waals surface area contributed by atoms with Gasteiger partial charge >= 0.3 is 0 Å². The van der Waals surface area contributed by atoms with Crippen molar-refractivity contribution in [3.05, 3.63) is 45.4 Å². The van der Waals surface area contributed by atoms with Crippen molar-refractivity contribution in [1.82, 2.24) is 25.3 Å². The Bertz CT molecular complexity index is 831. The van der Waals surface area contributed by atoms with Crippen LogP contribution in [0.3, 0.4) is 0 Å². The van der Waals surface area contributed by atoms with Gasteiger partial charge in [0.1, 0.15) is 5.01 Å². The van der Waals surface area contributed by atoms with Crippen LogP contribution in [0, 0.1) is 12.8 Å². The molecule has 1 aromatic carbocycles. The lowest BCUT2D eigenvalue weighted by Crippen LogP contribution is -2.34. The molecule has 0 atom stereocenters. The van der Waals surface area contributed by atoms with Crippen LogP contribution >= 0.6 is 11.3 Å². The lowest BCUT2D eigenvalue weighted by Gasteiger charge is -2.28. The van der Waals surface area contributed by atoms with E-state index in [-0.39, 0.29) is 5.91 Å². The maximum atomic E-state index is 12.5. The smallest absolute Gasteiger partial charge is 0.282 e. The molecule has 2 aliphatic rings. The third-order valence-corrected chi connectivity index (χ3v) is 7.42. The molecule has 1 N–H and O–H groups in total. The summed E-state index contributed by atoms with van der Waals surface area (Å²) in [6.07, 6.45) is 8.30. The van der Waals surface area contributed by atoms with Crippen LogP contribution < -0.4 is 5.32 Å². The summed E-state index contributed by atoms with van der Waals surface area (Å²) in [5, 5.41) is 12.8. The molecule has 7 heteroatoms. The quantitative estimate of drug-likeness (QED) is 0.707. The van der Waals surface area contributed by atoms with Crippen LogP contribution in [0.2, 0.25) is 0 Å². The predicted octanol–water partition coefficient (Wildman–Crippen LogP) is 3.86. The molecule has 1 amide bonds. The van der Waals surface area contributed by atoms with E-state index in [1.165, 1.54) is 68.5 Å². The van der Waals surface area contributed by atoms with Crippen LogP contribution in [-0.2, 0) is 13.1 Å². The van der Waals surface area contributed by atoms with Crippen molar-refractivity contribution in [3.8, 4) is 0 Å². The van der Waals surface area contributed by atoms with Crippen LogP contribution in [0.1, 0.15) is 64.5 Å². The first kappa shape index (κ1) is 22.4. The third kappa shape index (κ3) is 6.82. The van der Waals surface area contributed by atoms with Gasteiger partial charge in [-0.1, -0.05) is 60.4 Å². The van der Waals surface area contributed by atoms with Gasteiger partial charge in [-0.2, -0.15) is 0 Å². The van der Waals surface area contributed by atoms with Gasteiger partial charge in [0.2, 0.25) is 5.01 Å². The molecule has 4 rings (SSSR count). The summed E-state index contributed by atoms with van der Waals surface area (Å²) in [5.41, 5.74) is 2.31. The van der Waals surface area contributed by atoms with E-state index in [1.54, 1.807) is 0 Å². The highest BCUT2D eigenvalue weighted by Gasteiger charge is 2.21. The number of amides is 1. The van der Waals surface area contributed by atoms with E-state index in [0.717, 1.165) is 42.7 Å². The average molecular weight is 442 g/mol. The molecule has 0 unspecified atom stereocenters. The maximum absolute atomic E-state index is 12.5. The molecule has 2 aromatic rings.